The summed E-state index contributed by atoms with van der Waals surface area (Å²) in [6, 6.07) is 30.7. The van der Waals surface area contributed by atoms with Gasteiger partial charge in [0.25, 0.3) is 5.97 Å². The molecule has 0 bridgehead atoms. The molecule has 0 amide bonds. The third kappa shape index (κ3) is 3.19. The fourth-order valence-corrected chi connectivity index (χ4v) is 3.88. The van der Waals surface area contributed by atoms with Crippen LogP contribution in [0.3, 0.4) is 0 Å². The molecule has 138 valence electrons. The van der Waals surface area contributed by atoms with Gasteiger partial charge in [0.2, 0.25) is 0 Å². The van der Waals surface area contributed by atoms with Crippen molar-refractivity contribution in [1.29, 1.82) is 0 Å². The van der Waals surface area contributed by atoms with Crippen LogP contribution >= 0.6 is 0 Å². The van der Waals surface area contributed by atoms with Gasteiger partial charge in [0.15, 0.2) is 5.60 Å². The molecule has 1 aliphatic rings. The lowest BCUT2D eigenvalue weighted by Gasteiger charge is -2.34. The van der Waals surface area contributed by atoms with E-state index in [-0.39, 0.29) is 6.10 Å². The summed E-state index contributed by atoms with van der Waals surface area (Å²) in [5.74, 6) is -1.14. The van der Waals surface area contributed by atoms with E-state index in [0.717, 1.165) is 16.7 Å². The van der Waals surface area contributed by atoms with Crippen LogP contribution in [0.15, 0.2) is 91.0 Å². The quantitative estimate of drug-likeness (QED) is 0.607. The monoisotopic (exact) mass is 360 g/mol. The molecule has 0 radical (unpaired) electrons. The van der Waals surface area contributed by atoms with Crippen molar-refractivity contribution in [1.82, 2.24) is 0 Å². The van der Waals surface area contributed by atoms with Crippen molar-refractivity contribution in [2.45, 2.75) is 31.5 Å². The maximum atomic E-state index is 6.67. The number of rotatable bonds is 5. The Kier molecular flexibility index (Phi) is 4.83. The van der Waals surface area contributed by atoms with Gasteiger partial charge in [0, 0.05) is 13.5 Å². The molecular weight excluding hydrogens is 336 g/mol. The Morgan fingerprint density at radius 3 is 1.74 bits per heavy atom. The zero-order chi connectivity index (χ0) is 18.7. The third-order valence-electron chi connectivity index (χ3n) is 4.96. The molecule has 27 heavy (non-hydrogen) atoms. The van der Waals surface area contributed by atoms with Crippen LogP contribution in [-0.2, 0) is 19.8 Å². The molecule has 3 aromatic carbocycles. The van der Waals surface area contributed by atoms with Gasteiger partial charge >= 0.3 is 0 Å². The lowest BCUT2D eigenvalue weighted by Crippen LogP contribution is -2.36. The Balaban J connectivity index is 1.96. The summed E-state index contributed by atoms with van der Waals surface area (Å²) < 4.78 is 19.0. The maximum absolute atomic E-state index is 6.67. The van der Waals surface area contributed by atoms with E-state index in [0.29, 0.717) is 6.61 Å². The van der Waals surface area contributed by atoms with Gasteiger partial charge in [-0.15, -0.1) is 0 Å². The van der Waals surface area contributed by atoms with Gasteiger partial charge in [-0.1, -0.05) is 91.0 Å². The van der Waals surface area contributed by atoms with E-state index in [2.05, 4.69) is 36.4 Å². The predicted octanol–water partition coefficient (Wildman–Crippen LogP) is 5.43. The molecule has 0 N–H and O–H groups in total. The van der Waals surface area contributed by atoms with Gasteiger partial charge < -0.3 is 14.2 Å². The highest BCUT2D eigenvalue weighted by Gasteiger charge is 2.58. The topological polar surface area (TPSA) is 27.7 Å². The van der Waals surface area contributed by atoms with Crippen molar-refractivity contribution in [2.75, 3.05) is 6.61 Å². The van der Waals surface area contributed by atoms with Crippen LogP contribution in [0.2, 0.25) is 0 Å². The number of ether oxygens (including phenoxy) is 3. The highest BCUT2D eigenvalue weighted by Crippen LogP contribution is 2.55. The van der Waals surface area contributed by atoms with Gasteiger partial charge in [-0.2, -0.15) is 0 Å². The molecule has 4 rings (SSSR count). The first-order valence-electron chi connectivity index (χ1n) is 9.36. The summed E-state index contributed by atoms with van der Waals surface area (Å²) in [5.41, 5.74) is 2.31. The number of hydrogen-bond donors (Lipinski definition) is 0. The Labute approximate surface area is 160 Å². The minimum Gasteiger partial charge on any atom is -0.328 e. The lowest BCUT2D eigenvalue weighted by atomic mass is 9.79. The molecule has 3 nitrogen and oxygen atoms in total. The predicted molar refractivity (Wildman–Crippen MR) is 105 cm³/mol. The summed E-state index contributed by atoms with van der Waals surface area (Å²) in [6.07, 6.45) is -0.347. The second-order valence-electron chi connectivity index (χ2n) is 6.77. The van der Waals surface area contributed by atoms with Crippen LogP contribution in [0.25, 0.3) is 0 Å². The lowest BCUT2D eigenvalue weighted by molar-refractivity contribution is -0.334. The zero-order valence-electron chi connectivity index (χ0n) is 15.7. The largest absolute Gasteiger partial charge is 0.328 e. The first-order chi connectivity index (χ1) is 13.2. The first-order valence-corrected chi connectivity index (χ1v) is 9.36. The standard InChI is InChI=1S/C24H24O3/c1-3-25-23(2)26-22(19-13-7-4-8-14-19)24(27-23,20-15-9-5-10-16-20)21-17-11-6-12-18-21/h4-18,22H,3H2,1-2H3/t22-,23?/m0/s1. The molecule has 3 aromatic rings. The molecule has 0 aromatic heterocycles. The number of benzene rings is 3. The highest BCUT2D eigenvalue weighted by atomic mass is 16.9. The molecule has 1 heterocycles. The Morgan fingerprint density at radius 1 is 0.778 bits per heavy atom. The molecule has 3 heteroatoms. The van der Waals surface area contributed by atoms with E-state index in [4.69, 9.17) is 14.2 Å². The Bertz CT molecular complexity index is 824. The maximum Gasteiger partial charge on any atom is 0.281 e. The van der Waals surface area contributed by atoms with Crippen LogP contribution in [0.5, 0.6) is 0 Å². The number of hydrogen-bond acceptors (Lipinski definition) is 3. The van der Waals surface area contributed by atoms with Crippen LogP contribution in [-0.4, -0.2) is 12.6 Å². The third-order valence-corrected chi connectivity index (χ3v) is 4.96. The summed E-state index contributed by atoms with van der Waals surface area (Å²) in [4.78, 5) is 0. The summed E-state index contributed by atoms with van der Waals surface area (Å²) in [5, 5.41) is 0. The first kappa shape index (κ1) is 17.9. The molecular formula is C24H24O3. The normalized spacial score (nSPS) is 24.0. The summed E-state index contributed by atoms with van der Waals surface area (Å²) >= 11 is 0. The smallest absolute Gasteiger partial charge is 0.281 e. The van der Waals surface area contributed by atoms with Crippen LogP contribution in [0.4, 0.5) is 0 Å². The summed E-state index contributed by atoms with van der Waals surface area (Å²) in [7, 11) is 0. The molecule has 0 spiro atoms. The van der Waals surface area contributed by atoms with Crippen molar-refractivity contribution in [3.05, 3.63) is 108 Å². The van der Waals surface area contributed by atoms with Crippen LogP contribution < -0.4 is 0 Å². The van der Waals surface area contributed by atoms with Crippen molar-refractivity contribution >= 4 is 0 Å². The Hall–Kier alpha value is -2.46. The highest BCUT2D eigenvalue weighted by molar-refractivity contribution is 5.42. The average Bonchev–Trinajstić information content (AvgIpc) is 3.05. The fourth-order valence-electron chi connectivity index (χ4n) is 3.88. The van der Waals surface area contributed by atoms with Crippen LogP contribution in [0, 0.1) is 0 Å². The van der Waals surface area contributed by atoms with Crippen molar-refractivity contribution < 1.29 is 14.2 Å². The van der Waals surface area contributed by atoms with E-state index in [1.807, 2.05) is 68.4 Å². The van der Waals surface area contributed by atoms with Crippen LogP contribution in [0.1, 0.15) is 36.6 Å². The van der Waals surface area contributed by atoms with E-state index in [1.54, 1.807) is 0 Å². The average molecular weight is 360 g/mol. The van der Waals surface area contributed by atoms with Gasteiger partial charge in [-0.25, -0.2) is 0 Å². The van der Waals surface area contributed by atoms with Crippen molar-refractivity contribution in [3.8, 4) is 0 Å². The molecule has 0 aliphatic carbocycles. The van der Waals surface area contributed by atoms with Gasteiger partial charge in [-0.05, 0) is 23.6 Å². The minimum atomic E-state index is -1.14. The summed E-state index contributed by atoms with van der Waals surface area (Å²) in [6.45, 7) is 4.29. The van der Waals surface area contributed by atoms with Gasteiger partial charge in [-0.3, -0.25) is 0 Å². The second kappa shape index (κ2) is 7.28. The van der Waals surface area contributed by atoms with Gasteiger partial charge in [0.05, 0.1) is 0 Å². The SMILES string of the molecule is CCOC1(C)O[C@@H](c2ccccc2)C(c2ccccc2)(c2ccccc2)O1. The van der Waals surface area contributed by atoms with E-state index in [9.17, 15) is 0 Å². The second-order valence-corrected chi connectivity index (χ2v) is 6.77. The molecule has 2 atom stereocenters. The Morgan fingerprint density at radius 2 is 1.26 bits per heavy atom. The van der Waals surface area contributed by atoms with E-state index < -0.39 is 11.6 Å². The van der Waals surface area contributed by atoms with Crippen molar-refractivity contribution in [3.63, 3.8) is 0 Å². The molecule has 1 unspecified atom stereocenters. The van der Waals surface area contributed by atoms with E-state index in [1.165, 1.54) is 0 Å². The minimum absolute atomic E-state index is 0.347. The molecule has 0 saturated carbocycles. The fraction of sp³-hybridized carbons (Fsp3) is 0.250. The molecule has 1 saturated heterocycles. The van der Waals surface area contributed by atoms with Gasteiger partial charge in [0.1, 0.15) is 6.10 Å². The molecule has 1 aliphatic heterocycles. The van der Waals surface area contributed by atoms with Crippen molar-refractivity contribution in [2.24, 2.45) is 0 Å². The zero-order valence-corrected chi connectivity index (χ0v) is 15.7. The van der Waals surface area contributed by atoms with E-state index >= 15 is 0 Å². The molecule has 1 fully saturated rings.